The molecule has 0 spiro atoms. The summed E-state index contributed by atoms with van der Waals surface area (Å²) in [6.45, 7) is 0. The molecule has 0 amide bonds. The predicted octanol–water partition coefficient (Wildman–Crippen LogP) is 3.07. The first-order valence-corrected chi connectivity index (χ1v) is 5.06. The van der Waals surface area contributed by atoms with Gasteiger partial charge in [0.2, 0.25) is 0 Å². The van der Waals surface area contributed by atoms with E-state index in [9.17, 15) is 0 Å². The highest BCUT2D eigenvalue weighted by Crippen LogP contribution is 2.33. The maximum absolute atomic E-state index is 5.21. The standard InChI is InChI=1S/C8H6BrNOS/c1-11-8-5(9)2-3-6-7(8)10-4-12-6/h2-4H,1H3. The highest BCUT2D eigenvalue weighted by atomic mass is 79.9. The molecule has 12 heavy (non-hydrogen) atoms. The van der Waals surface area contributed by atoms with E-state index >= 15 is 0 Å². The van der Waals surface area contributed by atoms with Gasteiger partial charge in [0.25, 0.3) is 0 Å². The molecule has 4 heteroatoms. The van der Waals surface area contributed by atoms with Crippen LogP contribution in [0.25, 0.3) is 10.2 Å². The molecule has 62 valence electrons. The summed E-state index contributed by atoms with van der Waals surface area (Å²) in [6, 6.07) is 4.00. The van der Waals surface area contributed by atoms with Crippen molar-refractivity contribution in [3.8, 4) is 5.75 Å². The van der Waals surface area contributed by atoms with Crippen molar-refractivity contribution in [3.63, 3.8) is 0 Å². The Labute approximate surface area is 82.3 Å². The first-order chi connectivity index (χ1) is 5.83. The molecule has 0 fully saturated rings. The van der Waals surface area contributed by atoms with E-state index in [0.29, 0.717) is 0 Å². The van der Waals surface area contributed by atoms with E-state index in [1.807, 2.05) is 17.6 Å². The first kappa shape index (κ1) is 8.01. The van der Waals surface area contributed by atoms with E-state index in [0.717, 1.165) is 20.4 Å². The number of ether oxygens (including phenoxy) is 1. The molecule has 0 atom stereocenters. The van der Waals surface area contributed by atoms with Crippen molar-refractivity contribution in [3.05, 3.63) is 22.1 Å². The molecule has 0 N–H and O–H groups in total. The lowest BCUT2D eigenvalue weighted by Crippen LogP contribution is -1.85. The molecule has 0 unspecified atom stereocenters. The molecule has 0 saturated carbocycles. The lowest BCUT2D eigenvalue weighted by atomic mass is 10.3. The van der Waals surface area contributed by atoms with Crippen molar-refractivity contribution in [2.24, 2.45) is 0 Å². The van der Waals surface area contributed by atoms with Crippen LogP contribution in [0.2, 0.25) is 0 Å². The third-order valence-corrected chi connectivity index (χ3v) is 3.03. The average molecular weight is 244 g/mol. The predicted molar refractivity (Wildman–Crippen MR) is 53.9 cm³/mol. The number of thiazole rings is 1. The highest BCUT2D eigenvalue weighted by Gasteiger charge is 2.07. The Morgan fingerprint density at radius 1 is 1.50 bits per heavy atom. The molecular formula is C8H6BrNOS. The second-order valence-electron chi connectivity index (χ2n) is 2.28. The van der Waals surface area contributed by atoms with Crippen LogP contribution in [0.5, 0.6) is 5.75 Å². The topological polar surface area (TPSA) is 22.1 Å². The van der Waals surface area contributed by atoms with Crippen LogP contribution in [0, 0.1) is 0 Å². The van der Waals surface area contributed by atoms with Crippen molar-refractivity contribution >= 4 is 37.5 Å². The van der Waals surface area contributed by atoms with Gasteiger partial charge in [0.15, 0.2) is 5.75 Å². The van der Waals surface area contributed by atoms with Crippen LogP contribution < -0.4 is 4.74 Å². The normalized spacial score (nSPS) is 10.5. The van der Waals surface area contributed by atoms with Gasteiger partial charge in [-0.25, -0.2) is 4.98 Å². The molecular weight excluding hydrogens is 238 g/mol. The second-order valence-corrected chi connectivity index (χ2v) is 4.02. The fourth-order valence-electron chi connectivity index (χ4n) is 1.08. The maximum atomic E-state index is 5.21. The number of nitrogens with zero attached hydrogens (tertiary/aromatic N) is 1. The number of benzene rings is 1. The molecule has 0 bridgehead atoms. The lowest BCUT2D eigenvalue weighted by molar-refractivity contribution is 0.416. The smallest absolute Gasteiger partial charge is 0.160 e. The summed E-state index contributed by atoms with van der Waals surface area (Å²) in [5.74, 6) is 0.814. The van der Waals surface area contributed by atoms with Crippen LogP contribution in [-0.2, 0) is 0 Å². The van der Waals surface area contributed by atoms with Crippen molar-refractivity contribution in [2.75, 3.05) is 7.11 Å². The second kappa shape index (κ2) is 3.03. The third kappa shape index (κ3) is 1.11. The van der Waals surface area contributed by atoms with Gasteiger partial charge in [0, 0.05) is 0 Å². The van der Waals surface area contributed by atoms with Gasteiger partial charge in [-0.05, 0) is 28.1 Å². The highest BCUT2D eigenvalue weighted by molar-refractivity contribution is 9.10. The summed E-state index contributed by atoms with van der Waals surface area (Å²) in [7, 11) is 1.65. The quantitative estimate of drug-likeness (QED) is 0.769. The van der Waals surface area contributed by atoms with Gasteiger partial charge < -0.3 is 4.74 Å². The minimum atomic E-state index is 0.814. The Kier molecular flexibility index (Phi) is 2.02. The van der Waals surface area contributed by atoms with Crippen LogP contribution >= 0.6 is 27.3 Å². The Balaban J connectivity index is 2.83. The van der Waals surface area contributed by atoms with Crippen LogP contribution in [0.4, 0.5) is 0 Å². The number of halogens is 1. The van der Waals surface area contributed by atoms with Crippen LogP contribution in [0.1, 0.15) is 0 Å². The molecule has 0 saturated heterocycles. The minimum Gasteiger partial charge on any atom is -0.493 e. The zero-order valence-electron chi connectivity index (χ0n) is 6.37. The van der Waals surface area contributed by atoms with Crippen LogP contribution in [0.3, 0.4) is 0 Å². The van der Waals surface area contributed by atoms with Crippen molar-refractivity contribution in [1.29, 1.82) is 0 Å². The number of hydrogen-bond acceptors (Lipinski definition) is 3. The van der Waals surface area contributed by atoms with Gasteiger partial charge in [-0.1, -0.05) is 0 Å². The number of aromatic nitrogens is 1. The Hall–Kier alpha value is -0.610. The van der Waals surface area contributed by atoms with Crippen LogP contribution in [0.15, 0.2) is 22.1 Å². The van der Waals surface area contributed by atoms with Crippen molar-refractivity contribution in [2.45, 2.75) is 0 Å². The fourth-order valence-corrected chi connectivity index (χ4v) is 2.23. The fraction of sp³-hybridized carbons (Fsp3) is 0.125. The van der Waals surface area contributed by atoms with Gasteiger partial charge in [-0.3, -0.25) is 0 Å². The molecule has 1 heterocycles. The monoisotopic (exact) mass is 243 g/mol. The van der Waals surface area contributed by atoms with Gasteiger partial charge in [0.05, 0.1) is 21.8 Å². The average Bonchev–Trinajstić information content (AvgIpc) is 2.52. The van der Waals surface area contributed by atoms with Gasteiger partial charge >= 0.3 is 0 Å². The van der Waals surface area contributed by atoms with E-state index in [1.165, 1.54) is 0 Å². The van der Waals surface area contributed by atoms with Gasteiger partial charge in [0.1, 0.15) is 5.52 Å². The minimum absolute atomic E-state index is 0.814. The molecule has 2 rings (SSSR count). The molecule has 0 aliphatic carbocycles. The number of rotatable bonds is 1. The zero-order chi connectivity index (χ0) is 8.55. The maximum Gasteiger partial charge on any atom is 0.160 e. The number of fused-ring (bicyclic) bond motifs is 1. The largest absolute Gasteiger partial charge is 0.493 e. The lowest BCUT2D eigenvalue weighted by Gasteiger charge is -2.02. The van der Waals surface area contributed by atoms with Crippen LogP contribution in [-0.4, -0.2) is 12.1 Å². The molecule has 0 aliphatic heterocycles. The van der Waals surface area contributed by atoms with E-state index in [2.05, 4.69) is 20.9 Å². The van der Waals surface area contributed by atoms with E-state index in [-0.39, 0.29) is 0 Å². The van der Waals surface area contributed by atoms with E-state index in [1.54, 1.807) is 18.4 Å². The van der Waals surface area contributed by atoms with Gasteiger partial charge in [-0.15, -0.1) is 11.3 Å². The molecule has 0 aliphatic rings. The van der Waals surface area contributed by atoms with Gasteiger partial charge in [-0.2, -0.15) is 0 Å². The Morgan fingerprint density at radius 2 is 2.33 bits per heavy atom. The number of hydrogen-bond donors (Lipinski definition) is 0. The summed E-state index contributed by atoms with van der Waals surface area (Å²) >= 11 is 5.02. The summed E-state index contributed by atoms with van der Waals surface area (Å²) in [6.07, 6.45) is 0. The van der Waals surface area contributed by atoms with E-state index in [4.69, 9.17) is 4.74 Å². The van der Waals surface area contributed by atoms with Crippen molar-refractivity contribution in [1.82, 2.24) is 4.98 Å². The summed E-state index contributed by atoms with van der Waals surface area (Å²) < 4.78 is 7.31. The Bertz CT molecular complexity index is 412. The summed E-state index contributed by atoms with van der Waals surface area (Å²) in [5, 5.41) is 0. The Morgan fingerprint density at radius 3 is 3.08 bits per heavy atom. The zero-order valence-corrected chi connectivity index (χ0v) is 8.78. The molecule has 2 aromatic rings. The van der Waals surface area contributed by atoms with E-state index < -0.39 is 0 Å². The van der Waals surface area contributed by atoms with Crippen molar-refractivity contribution < 1.29 is 4.74 Å². The molecule has 1 aromatic heterocycles. The first-order valence-electron chi connectivity index (χ1n) is 3.38. The summed E-state index contributed by atoms with van der Waals surface area (Å²) in [4.78, 5) is 4.21. The number of methoxy groups -OCH3 is 1. The molecule has 1 aromatic carbocycles. The molecule has 2 nitrogen and oxygen atoms in total. The SMILES string of the molecule is COc1c(Br)ccc2scnc12. The third-order valence-electron chi connectivity index (χ3n) is 1.61. The summed E-state index contributed by atoms with van der Waals surface area (Å²) in [5.41, 5.74) is 2.75. The molecule has 0 radical (unpaired) electrons.